The molecule has 1 N–H and O–H groups in total. The van der Waals surface area contributed by atoms with Crippen LogP contribution in [0.1, 0.15) is 23.7 Å². The Morgan fingerprint density at radius 3 is 2.73 bits per heavy atom. The summed E-state index contributed by atoms with van der Waals surface area (Å²) in [5.41, 5.74) is 1.09. The normalized spacial score (nSPS) is 10.1. The smallest absolute Gasteiger partial charge is 0.337 e. The van der Waals surface area contributed by atoms with Crippen LogP contribution < -0.4 is 4.90 Å². The second-order valence-electron chi connectivity index (χ2n) is 3.39. The van der Waals surface area contributed by atoms with Gasteiger partial charge in [0.15, 0.2) is 0 Å². The summed E-state index contributed by atoms with van der Waals surface area (Å²) in [5, 5.41) is 9.06. The molecule has 0 aliphatic carbocycles. The first-order valence-corrected chi connectivity index (χ1v) is 5.59. The van der Waals surface area contributed by atoms with Crippen molar-refractivity contribution in [2.75, 3.05) is 18.5 Å². The fraction of sp³-hybridized carbons (Fsp3) is 0.364. The Morgan fingerprint density at radius 2 is 2.20 bits per heavy atom. The zero-order valence-corrected chi connectivity index (χ0v) is 10.4. The van der Waals surface area contributed by atoms with Crippen molar-refractivity contribution in [2.45, 2.75) is 13.3 Å². The van der Waals surface area contributed by atoms with Gasteiger partial charge in [-0.05, 0) is 24.6 Å². The van der Waals surface area contributed by atoms with Gasteiger partial charge in [-0.1, -0.05) is 22.9 Å². The number of hydrogen-bond acceptors (Lipinski definition) is 2. The highest BCUT2D eigenvalue weighted by molar-refractivity contribution is 9.10. The summed E-state index contributed by atoms with van der Waals surface area (Å²) in [4.78, 5) is 13.0. The number of carbonyl (C=O) groups is 1. The molecule has 0 unspecified atom stereocenters. The molecule has 4 heteroatoms. The van der Waals surface area contributed by atoms with Gasteiger partial charge in [0, 0.05) is 18.1 Å². The van der Waals surface area contributed by atoms with E-state index in [0.29, 0.717) is 5.56 Å². The summed E-state index contributed by atoms with van der Waals surface area (Å²) in [6, 6.07) is 5.31. The van der Waals surface area contributed by atoms with Gasteiger partial charge in [0.05, 0.1) is 11.3 Å². The van der Waals surface area contributed by atoms with Gasteiger partial charge in [-0.15, -0.1) is 0 Å². The third-order valence-corrected chi connectivity index (χ3v) is 2.65. The summed E-state index contributed by atoms with van der Waals surface area (Å²) in [6.45, 7) is 2.91. The third-order valence-electron chi connectivity index (χ3n) is 2.16. The van der Waals surface area contributed by atoms with Crippen molar-refractivity contribution in [1.82, 2.24) is 0 Å². The fourth-order valence-electron chi connectivity index (χ4n) is 1.47. The van der Waals surface area contributed by atoms with Crippen molar-refractivity contribution in [1.29, 1.82) is 0 Å². The van der Waals surface area contributed by atoms with E-state index in [1.807, 2.05) is 24.1 Å². The number of aromatic carboxylic acids is 1. The summed E-state index contributed by atoms with van der Waals surface area (Å²) in [7, 11) is 1.90. The molecule has 0 fully saturated rings. The molecule has 0 saturated heterocycles. The quantitative estimate of drug-likeness (QED) is 0.916. The Bertz CT molecular complexity index is 366. The van der Waals surface area contributed by atoms with Gasteiger partial charge in [-0.2, -0.15) is 0 Å². The first kappa shape index (κ1) is 12.0. The molecular weight excluding hydrogens is 258 g/mol. The lowest BCUT2D eigenvalue weighted by Gasteiger charge is -2.20. The van der Waals surface area contributed by atoms with Crippen molar-refractivity contribution in [2.24, 2.45) is 0 Å². The largest absolute Gasteiger partial charge is 0.478 e. The number of hydrogen-bond donors (Lipinski definition) is 1. The van der Waals surface area contributed by atoms with E-state index >= 15 is 0 Å². The Morgan fingerprint density at radius 1 is 1.53 bits per heavy atom. The van der Waals surface area contributed by atoms with Gasteiger partial charge in [0.1, 0.15) is 0 Å². The van der Waals surface area contributed by atoms with E-state index < -0.39 is 5.97 Å². The molecule has 15 heavy (non-hydrogen) atoms. The zero-order chi connectivity index (χ0) is 11.4. The molecule has 3 nitrogen and oxygen atoms in total. The summed E-state index contributed by atoms with van der Waals surface area (Å²) >= 11 is 3.27. The number of halogens is 1. The first-order valence-electron chi connectivity index (χ1n) is 4.80. The Balaban J connectivity index is 3.10. The lowest BCUT2D eigenvalue weighted by atomic mass is 10.1. The molecule has 0 spiro atoms. The van der Waals surface area contributed by atoms with Crippen LogP contribution in [0.15, 0.2) is 22.7 Å². The maximum absolute atomic E-state index is 11.0. The highest BCUT2D eigenvalue weighted by Crippen LogP contribution is 2.23. The second kappa shape index (κ2) is 5.16. The molecule has 0 bridgehead atoms. The van der Waals surface area contributed by atoms with E-state index in [-0.39, 0.29) is 0 Å². The molecule has 0 heterocycles. The van der Waals surface area contributed by atoms with Crippen LogP contribution in [-0.2, 0) is 0 Å². The maximum Gasteiger partial charge on any atom is 0.337 e. The van der Waals surface area contributed by atoms with E-state index in [2.05, 4.69) is 22.9 Å². The average Bonchev–Trinajstić information content (AvgIpc) is 2.17. The van der Waals surface area contributed by atoms with Gasteiger partial charge >= 0.3 is 5.97 Å². The monoisotopic (exact) mass is 271 g/mol. The van der Waals surface area contributed by atoms with Gasteiger partial charge in [-0.25, -0.2) is 4.79 Å². The van der Waals surface area contributed by atoms with Crippen LogP contribution in [-0.4, -0.2) is 24.7 Å². The maximum atomic E-state index is 11.0. The van der Waals surface area contributed by atoms with Crippen molar-refractivity contribution in [3.8, 4) is 0 Å². The fourth-order valence-corrected chi connectivity index (χ4v) is 1.83. The van der Waals surface area contributed by atoms with E-state index in [1.165, 1.54) is 0 Å². The number of anilines is 1. The summed E-state index contributed by atoms with van der Waals surface area (Å²) in [6.07, 6.45) is 0.992. The van der Waals surface area contributed by atoms with Gasteiger partial charge in [0.2, 0.25) is 0 Å². The predicted octanol–water partition coefficient (Wildman–Crippen LogP) is 2.99. The van der Waals surface area contributed by atoms with Crippen molar-refractivity contribution in [3.05, 3.63) is 28.2 Å². The van der Waals surface area contributed by atoms with Crippen molar-refractivity contribution < 1.29 is 9.90 Å². The molecule has 82 valence electrons. The lowest BCUT2D eigenvalue weighted by molar-refractivity contribution is 0.0697. The molecule has 0 aromatic heterocycles. The SMILES string of the molecule is CCCN(C)c1ccc(Br)cc1C(=O)O. The Kier molecular flexibility index (Phi) is 4.15. The molecule has 0 amide bonds. The third kappa shape index (κ3) is 2.96. The molecule has 0 radical (unpaired) electrons. The molecule has 1 aromatic carbocycles. The number of rotatable bonds is 4. The Labute approximate surface area is 97.8 Å². The number of nitrogens with zero attached hydrogens (tertiary/aromatic N) is 1. The first-order chi connectivity index (χ1) is 7.06. The Hall–Kier alpha value is -1.03. The molecule has 0 aliphatic heterocycles. The van der Waals surface area contributed by atoms with Gasteiger partial charge in [-0.3, -0.25) is 0 Å². The minimum Gasteiger partial charge on any atom is -0.478 e. The van der Waals surface area contributed by atoms with Crippen LogP contribution in [0, 0.1) is 0 Å². The van der Waals surface area contributed by atoms with Crippen LogP contribution in [0.3, 0.4) is 0 Å². The molecule has 0 atom stereocenters. The molecule has 1 rings (SSSR count). The number of carboxylic acids is 1. The van der Waals surface area contributed by atoms with Crippen LogP contribution in [0.4, 0.5) is 5.69 Å². The molecule has 0 saturated carbocycles. The van der Waals surface area contributed by atoms with Crippen LogP contribution in [0.5, 0.6) is 0 Å². The standard InChI is InChI=1S/C11H14BrNO2/c1-3-6-13(2)10-5-4-8(12)7-9(10)11(14)15/h4-5,7H,3,6H2,1-2H3,(H,14,15). The zero-order valence-electron chi connectivity index (χ0n) is 8.83. The van der Waals surface area contributed by atoms with Crippen molar-refractivity contribution in [3.63, 3.8) is 0 Å². The van der Waals surface area contributed by atoms with E-state index in [0.717, 1.165) is 23.1 Å². The summed E-state index contributed by atoms with van der Waals surface area (Å²) in [5.74, 6) is -0.894. The highest BCUT2D eigenvalue weighted by atomic mass is 79.9. The average molecular weight is 272 g/mol. The molecule has 1 aromatic rings. The van der Waals surface area contributed by atoms with E-state index in [1.54, 1.807) is 6.07 Å². The van der Waals surface area contributed by atoms with Crippen molar-refractivity contribution >= 4 is 27.6 Å². The number of benzene rings is 1. The summed E-state index contributed by atoms with van der Waals surface area (Å²) < 4.78 is 0.786. The van der Waals surface area contributed by atoms with Crippen LogP contribution in [0.25, 0.3) is 0 Å². The van der Waals surface area contributed by atoms with E-state index in [9.17, 15) is 4.79 Å². The highest BCUT2D eigenvalue weighted by Gasteiger charge is 2.13. The molecule has 0 aliphatic rings. The molecular formula is C11H14BrNO2. The predicted molar refractivity (Wildman–Crippen MR) is 64.7 cm³/mol. The number of carboxylic acid groups (broad SMARTS) is 1. The van der Waals surface area contributed by atoms with Crippen LogP contribution in [0.2, 0.25) is 0 Å². The van der Waals surface area contributed by atoms with E-state index in [4.69, 9.17) is 5.11 Å². The van der Waals surface area contributed by atoms with Gasteiger partial charge in [0.25, 0.3) is 0 Å². The second-order valence-corrected chi connectivity index (χ2v) is 4.30. The van der Waals surface area contributed by atoms with Crippen LogP contribution >= 0.6 is 15.9 Å². The van der Waals surface area contributed by atoms with Gasteiger partial charge < -0.3 is 10.0 Å². The minimum atomic E-state index is -0.894. The lowest BCUT2D eigenvalue weighted by Crippen LogP contribution is -2.20. The topological polar surface area (TPSA) is 40.5 Å². The minimum absolute atomic E-state index is 0.334.